The van der Waals surface area contributed by atoms with Gasteiger partial charge in [0.25, 0.3) is 5.91 Å². The van der Waals surface area contributed by atoms with Crippen molar-refractivity contribution < 1.29 is 14.6 Å². The zero-order valence-corrected chi connectivity index (χ0v) is 17.2. The van der Waals surface area contributed by atoms with Crippen molar-refractivity contribution >= 4 is 22.9 Å². The van der Waals surface area contributed by atoms with Crippen molar-refractivity contribution in [2.24, 2.45) is 5.10 Å². The summed E-state index contributed by atoms with van der Waals surface area (Å²) in [7, 11) is 0. The number of ether oxygens (including phenoxy) is 1. The zero-order valence-electron chi connectivity index (χ0n) is 17.2. The fourth-order valence-electron chi connectivity index (χ4n) is 3.41. The number of hydrazone groups is 1. The molecule has 0 saturated heterocycles. The number of hydrogen-bond acceptors (Lipinski definition) is 5. The number of rotatable bonds is 6. The highest BCUT2D eigenvalue weighted by Crippen LogP contribution is 2.26. The Bertz CT molecular complexity index is 1260. The van der Waals surface area contributed by atoms with Gasteiger partial charge < -0.3 is 9.84 Å². The molecule has 0 aliphatic heterocycles. The lowest BCUT2D eigenvalue weighted by molar-refractivity contribution is 0.0949. The molecule has 0 saturated carbocycles. The van der Waals surface area contributed by atoms with E-state index in [1.165, 1.54) is 6.21 Å². The molecule has 7 heteroatoms. The summed E-state index contributed by atoms with van der Waals surface area (Å²) in [5.74, 6) is 0.453. The topological polar surface area (TPSA) is 99.6 Å². The van der Waals surface area contributed by atoms with E-state index in [1.54, 1.807) is 6.07 Å². The number of carbonyl (C=O) groups excluding carboxylic acids is 1. The Labute approximate surface area is 179 Å². The molecule has 1 aromatic heterocycles. The predicted octanol–water partition coefficient (Wildman–Crippen LogP) is 4.41. The van der Waals surface area contributed by atoms with Crippen LogP contribution < -0.4 is 10.2 Å². The number of nitrogens with zero attached hydrogens (tertiary/aromatic N) is 2. The van der Waals surface area contributed by atoms with Crippen LogP contribution in [0, 0.1) is 6.92 Å². The molecule has 0 unspecified atom stereocenters. The molecule has 7 nitrogen and oxygen atoms in total. The number of carbonyl (C=O) groups is 1. The van der Waals surface area contributed by atoms with Gasteiger partial charge in [0.2, 0.25) is 0 Å². The Kier molecular flexibility index (Phi) is 5.66. The van der Waals surface area contributed by atoms with Gasteiger partial charge in [0.15, 0.2) is 0 Å². The summed E-state index contributed by atoms with van der Waals surface area (Å²) in [6.07, 6.45) is 1.44. The predicted molar refractivity (Wildman–Crippen MR) is 121 cm³/mol. The average molecular weight is 414 g/mol. The Morgan fingerprint density at radius 1 is 1.16 bits per heavy atom. The fourth-order valence-corrected chi connectivity index (χ4v) is 3.41. The molecular formula is C24H22N4O3. The number of H-pyrrole nitrogens is 1. The van der Waals surface area contributed by atoms with Crippen LogP contribution >= 0.6 is 0 Å². The molecule has 1 amide bonds. The van der Waals surface area contributed by atoms with Crippen molar-refractivity contribution in [1.29, 1.82) is 0 Å². The van der Waals surface area contributed by atoms with Gasteiger partial charge in [-0.2, -0.15) is 10.2 Å². The Balaban J connectivity index is 1.52. The molecule has 4 aromatic rings. The number of amides is 1. The van der Waals surface area contributed by atoms with Crippen LogP contribution in [0.4, 0.5) is 0 Å². The van der Waals surface area contributed by atoms with E-state index < -0.39 is 5.91 Å². The summed E-state index contributed by atoms with van der Waals surface area (Å²) in [6.45, 7) is 4.35. The Morgan fingerprint density at radius 2 is 1.94 bits per heavy atom. The maximum absolute atomic E-state index is 12.6. The number of phenols is 1. The molecule has 31 heavy (non-hydrogen) atoms. The van der Waals surface area contributed by atoms with E-state index in [4.69, 9.17) is 4.74 Å². The number of aromatic amines is 1. The summed E-state index contributed by atoms with van der Waals surface area (Å²) in [4.78, 5) is 12.6. The first kappa shape index (κ1) is 20.2. The molecule has 3 aromatic carbocycles. The minimum absolute atomic E-state index is 0.0900. The summed E-state index contributed by atoms with van der Waals surface area (Å²) in [6, 6.07) is 18.6. The van der Waals surface area contributed by atoms with Gasteiger partial charge >= 0.3 is 0 Å². The molecule has 0 fully saturated rings. The maximum Gasteiger partial charge on any atom is 0.289 e. The highest BCUT2D eigenvalue weighted by atomic mass is 16.5. The lowest BCUT2D eigenvalue weighted by atomic mass is 10.0. The summed E-state index contributed by atoms with van der Waals surface area (Å²) in [5, 5.41) is 23.1. The molecule has 0 radical (unpaired) electrons. The SMILES string of the molecule is CCOc1ccc(-c2n[nH]c(C(=O)N/N=C/c3c(O)ccc4ccccc34)c2C)cc1. The van der Waals surface area contributed by atoms with Crippen molar-refractivity contribution in [2.75, 3.05) is 6.61 Å². The molecule has 4 rings (SSSR count). The largest absolute Gasteiger partial charge is 0.507 e. The van der Waals surface area contributed by atoms with Gasteiger partial charge in [-0.3, -0.25) is 9.89 Å². The van der Waals surface area contributed by atoms with Crippen molar-refractivity contribution in [2.45, 2.75) is 13.8 Å². The molecule has 0 atom stereocenters. The van der Waals surface area contributed by atoms with Gasteiger partial charge in [-0.05, 0) is 55.0 Å². The van der Waals surface area contributed by atoms with E-state index in [9.17, 15) is 9.90 Å². The molecule has 1 heterocycles. The summed E-state index contributed by atoms with van der Waals surface area (Å²) >= 11 is 0. The van der Waals surface area contributed by atoms with Crippen molar-refractivity contribution in [3.8, 4) is 22.8 Å². The van der Waals surface area contributed by atoms with Crippen LogP contribution in [0.3, 0.4) is 0 Å². The van der Waals surface area contributed by atoms with Crippen LogP contribution in [0.25, 0.3) is 22.0 Å². The highest BCUT2D eigenvalue weighted by Gasteiger charge is 2.17. The second kappa shape index (κ2) is 8.71. The van der Waals surface area contributed by atoms with Crippen LogP contribution in [0.2, 0.25) is 0 Å². The smallest absolute Gasteiger partial charge is 0.289 e. The van der Waals surface area contributed by atoms with Gasteiger partial charge in [0, 0.05) is 16.7 Å². The van der Waals surface area contributed by atoms with Crippen LogP contribution in [-0.4, -0.2) is 34.0 Å². The minimum Gasteiger partial charge on any atom is -0.507 e. The van der Waals surface area contributed by atoms with Crippen LogP contribution in [-0.2, 0) is 0 Å². The standard InChI is InChI=1S/C24H22N4O3/c1-3-31-18-11-8-17(9-12-18)22-15(2)23(27-26-22)24(30)28-25-14-20-19-7-5-4-6-16(19)10-13-21(20)29/h4-14,29H,3H2,1-2H3,(H,26,27)(H,28,30)/b25-14+. The monoisotopic (exact) mass is 414 g/mol. The van der Waals surface area contributed by atoms with Gasteiger partial charge in [0.1, 0.15) is 17.2 Å². The number of nitrogens with one attached hydrogen (secondary N) is 2. The quantitative estimate of drug-likeness (QED) is 0.321. The normalized spacial score (nSPS) is 11.2. The highest BCUT2D eigenvalue weighted by molar-refractivity contribution is 6.03. The molecule has 3 N–H and O–H groups in total. The van der Waals surface area contributed by atoms with Crippen molar-refractivity contribution in [3.05, 3.63) is 77.5 Å². The molecular weight excluding hydrogens is 392 g/mol. The first-order valence-electron chi connectivity index (χ1n) is 9.90. The number of aromatic hydroxyl groups is 1. The van der Waals surface area contributed by atoms with Gasteiger partial charge in [-0.25, -0.2) is 5.43 Å². The summed E-state index contributed by atoms with van der Waals surface area (Å²) in [5.41, 5.74) is 5.63. The van der Waals surface area contributed by atoms with Gasteiger partial charge in [-0.1, -0.05) is 30.3 Å². The number of hydrogen-bond donors (Lipinski definition) is 3. The molecule has 156 valence electrons. The molecule has 0 bridgehead atoms. The fraction of sp³-hybridized carbons (Fsp3) is 0.125. The van der Waals surface area contributed by atoms with Crippen LogP contribution in [0.5, 0.6) is 11.5 Å². The second-order valence-electron chi connectivity index (χ2n) is 6.95. The van der Waals surface area contributed by atoms with E-state index in [-0.39, 0.29) is 5.75 Å². The number of phenolic OH excluding ortho intramolecular Hbond substituents is 1. The van der Waals surface area contributed by atoms with E-state index in [0.29, 0.717) is 29.1 Å². The van der Waals surface area contributed by atoms with E-state index >= 15 is 0 Å². The molecule has 0 aliphatic rings. The van der Waals surface area contributed by atoms with Crippen molar-refractivity contribution in [3.63, 3.8) is 0 Å². The van der Waals surface area contributed by atoms with E-state index in [0.717, 1.165) is 22.1 Å². The lowest BCUT2D eigenvalue weighted by Gasteiger charge is -2.05. The third-order valence-electron chi connectivity index (χ3n) is 4.98. The number of benzene rings is 3. The summed E-state index contributed by atoms with van der Waals surface area (Å²) < 4.78 is 5.46. The maximum atomic E-state index is 12.6. The Morgan fingerprint density at radius 3 is 2.71 bits per heavy atom. The Hall–Kier alpha value is -4.13. The van der Waals surface area contributed by atoms with Gasteiger partial charge in [0.05, 0.1) is 18.5 Å². The number of aromatic nitrogens is 2. The van der Waals surface area contributed by atoms with Crippen LogP contribution in [0.15, 0.2) is 65.8 Å². The molecule has 0 spiro atoms. The van der Waals surface area contributed by atoms with Crippen LogP contribution in [0.1, 0.15) is 28.5 Å². The average Bonchev–Trinajstić information content (AvgIpc) is 3.17. The third-order valence-corrected chi connectivity index (χ3v) is 4.98. The van der Waals surface area contributed by atoms with E-state index in [2.05, 4.69) is 20.7 Å². The molecule has 0 aliphatic carbocycles. The minimum atomic E-state index is -0.418. The van der Waals surface area contributed by atoms with E-state index in [1.807, 2.05) is 68.4 Å². The third kappa shape index (κ3) is 4.11. The lowest BCUT2D eigenvalue weighted by Crippen LogP contribution is -2.19. The zero-order chi connectivity index (χ0) is 21.8. The first-order valence-corrected chi connectivity index (χ1v) is 9.90. The first-order chi connectivity index (χ1) is 15.1. The second-order valence-corrected chi connectivity index (χ2v) is 6.95. The number of fused-ring (bicyclic) bond motifs is 1. The van der Waals surface area contributed by atoms with Gasteiger partial charge in [-0.15, -0.1) is 0 Å². The van der Waals surface area contributed by atoms with Crippen molar-refractivity contribution in [1.82, 2.24) is 15.6 Å².